The SMILES string of the molecule is COc1ccc(CCC(=O)NC2CNC(=O)C2)cc1. The summed E-state index contributed by atoms with van der Waals surface area (Å²) < 4.78 is 5.08. The van der Waals surface area contributed by atoms with E-state index >= 15 is 0 Å². The summed E-state index contributed by atoms with van der Waals surface area (Å²) >= 11 is 0. The molecule has 5 nitrogen and oxygen atoms in total. The number of ether oxygens (including phenoxy) is 1. The van der Waals surface area contributed by atoms with Crippen LogP contribution < -0.4 is 15.4 Å². The molecular formula is C14H18N2O3. The van der Waals surface area contributed by atoms with E-state index < -0.39 is 0 Å². The molecule has 2 amide bonds. The first kappa shape index (κ1) is 13.4. The number of amides is 2. The molecule has 1 fully saturated rings. The molecule has 1 heterocycles. The molecule has 2 N–H and O–H groups in total. The molecule has 19 heavy (non-hydrogen) atoms. The van der Waals surface area contributed by atoms with Gasteiger partial charge in [-0.1, -0.05) is 12.1 Å². The Morgan fingerprint density at radius 1 is 1.42 bits per heavy atom. The highest BCUT2D eigenvalue weighted by Crippen LogP contribution is 2.12. The average Bonchev–Trinajstić information content (AvgIpc) is 2.82. The predicted molar refractivity (Wildman–Crippen MR) is 70.9 cm³/mol. The van der Waals surface area contributed by atoms with Crippen LogP contribution in [0.1, 0.15) is 18.4 Å². The van der Waals surface area contributed by atoms with Gasteiger partial charge in [0.15, 0.2) is 0 Å². The maximum Gasteiger partial charge on any atom is 0.222 e. The van der Waals surface area contributed by atoms with Crippen molar-refractivity contribution in [3.8, 4) is 5.75 Å². The van der Waals surface area contributed by atoms with E-state index in [0.29, 0.717) is 25.8 Å². The minimum Gasteiger partial charge on any atom is -0.497 e. The first-order valence-electron chi connectivity index (χ1n) is 6.36. The third-order valence-corrected chi connectivity index (χ3v) is 3.14. The molecular weight excluding hydrogens is 244 g/mol. The normalized spacial score (nSPS) is 17.9. The molecule has 0 bridgehead atoms. The number of hydrogen-bond acceptors (Lipinski definition) is 3. The fourth-order valence-corrected chi connectivity index (χ4v) is 2.06. The number of carbonyl (C=O) groups is 2. The number of methoxy groups -OCH3 is 1. The van der Waals surface area contributed by atoms with Gasteiger partial charge in [-0.3, -0.25) is 9.59 Å². The van der Waals surface area contributed by atoms with E-state index in [1.807, 2.05) is 24.3 Å². The van der Waals surface area contributed by atoms with E-state index in [9.17, 15) is 9.59 Å². The smallest absolute Gasteiger partial charge is 0.222 e. The molecule has 1 atom stereocenters. The van der Waals surface area contributed by atoms with E-state index in [1.54, 1.807) is 7.11 Å². The summed E-state index contributed by atoms with van der Waals surface area (Å²) in [6.45, 7) is 0.535. The number of benzene rings is 1. The van der Waals surface area contributed by atoms with Crippen molar-refractivity contribution >= 4 is 11.8 Å². The summed E-state index contributed by atoms with van der Waals surface area (Å²) in [4.78, 5) is 22.7. The van der Waals surface area contributed by atoms with Gasteiger partial charge in [-0.25, -0.2) is 0 Å². The lowest BCUT2D eigenvalue weighted by molar-refractivity contribution is -0.121. The first-order valence-corrected chi connectivity index (χ1v) is 6.36. The summed E-state index contributed by atoms with van der Waals surface area (Å²) in [5.41, 5.74) is 1.09. The molecule has 2 rings (SSSR count). The molecule has 0 radical (unpaired) electrons. The lowest BCUT2D eigenvalue weighted by Crippen LogP contribution is -2.36. The zero-order chi connectivity index (χ0) is 13.7. The van der Waals surface area contributed by atoms with Crippen LogP contribution in [-0.2, 0) is 16.0 Å². The summed E-state index contributed by atoms with van der Waals surface area (Å²) in [5, 5.41) is 5.55. The van der Waals surface area contributed by atoms with Crippen LogP contribution in [-0.4, -0.2) is 31.5 Å². The Labute approximate surface area is 112 Å². The second-order valence-corrected chi connectivity index (χ2v) is 4.62. The van der Waals surface area contributed by atoms with E-state index in [1.165, 1.54) is 0 Å². The largest absolute Gasteiger partial charge is 0.497 e. The lowest BCUT2D eigenvalue weighted by atomic mass is 10.1. The second-order valence-electron chi connectivity index (χ2n) is 4.62. The van der Waals surface area contributed by atoms with Crippen LogP contribution in [0.4, 0.5) is 0 Å². The number of aryl methyl sites for hydroxylation is 1. The molecule has 0 spiro atoms. The highest BCUT2D eigenvalue weighted by Gasteiger charge is 2.22. The minimum absolute atomic E-state index is 0.000421. The molecule has 0 aliphatic carbocycles. The molecule has 5 heteroatoms. The van der Waals surface area contributed by atoms with Crippen molar-refractivity contribution in [3.05, 3.63) is 29.8 Å². The molecule has 1 unspecified atom stereocenters. The molecule has 0 saturated carbocycles. The van der Waals surface area contributed by atoms with Crippen LogP contribution in [0, 0.1) is 0 Å². The van der Waals surface area contributed by atoms with Gasteiger partial charge in [-0.05, 0) is 24.1 Å². The summed E-state index contributed by atoms with van der Waals surface area (Å²) in [6, 6.07) is 7.61. The zero-order valence-corrected chi connectivity index (χ0v) is 10.9. The molecule has 102 valence electrons. The minimum atomic E-state index is -0.0594. The van der Waals surface area contributed by atoms with E-state index in [0.717, 1.165) is 11.3 Å². The van der Waals surface area contributed by atoms with E-state index in [2.05, 4.69) is 10.6 Å². The van der Waals surface area contributed by atoms with Crippen molar-refractivity contribution in [2.24, 2.45) is 0 Å². The molecule has 1 aliphatic rings. The summed E-state index contributed by atoms with van der Waals surface area (Å²) in [6.07, 6.45) is 1.50. The Morgan fingerprint density at radius 2 is 2.16 bits per heavy atom. The molecule has 1 aromatic rings. The van der Waals surface area contributed by atoms with Crippen LogP contribution >= 0.6 is 0 Å². The van der Waals surface area contributed by atoms with Crippen molar-refractivity contribution in [2.45, 2.75) is 25.3 Å². The number of nitrogens with one attached hydrogen (secondary N) is 2. The second kappa shape index (κ2) is 6.22. The van der Waals surface area contributed by atoms with Crippen LogP contribution in [0.25, 0.3) is 0 Å². The van der Waals surface area contributed by atoms with Crippen LogP contribution in [0.15, 0.2) is 24.3 Å². The van der Waals surface area contributed by atoms with E-state index in [-0.39, 0.29) is 17.9 Å². The van der Waals surface area contributed by atoms with Crippen LogP contribution in [0.2, 0.25) is 0 Å². The number of hydrogen-bond donors (Lipinski definition) is 2. The topological polar surface area (TPSA) is 67.4 Å². The van der Waals surface area contributed by atoms with Gasteiger partial charge in [0.1, 0.15) is 5.75 Å². The lowest BCUT2D eigenvalue weighted by Gasteiger charge is -2.10. The maximum absolute atomic E-state index is 11.7. The molecule has 0 aromatic heterocycles. The molecule has 1 saturated heterocycles. The predicted octanol–water partition coefficient (Wildman–Crippen LogP) is 0.632. The van der Waals surface area contributed by atoms with Crippen LogP contribution in [0.5, 0.6) is 5.75 Å². The number of rotatable bonds is 5. The summed E-state index contributed by atoms with van der Waals surface area (Å²) in [5.74, 6) is 0.793. The van der Waals surface area contributed by atoms with Gasteiger partial charge in [0, 0.05) is 19.4 Å². The van der Waals surface area contributed by atoms with Crippen molar-refractivity contribution in [3.63, 3.8) is 0 Å². The third kappa shape index (κ3) is 3.98. The Morgan fingerprint density at radius 3 is 2.74 bits per heavy atom. The third-order valence-electron chi connectivity index (χ3n) is 3.14. The molecule has 1 aliphatic heterocycles. The Bertz CT molecular complexity index is 456. The van der Waals surface area contributed by atoms with Gasteiger partial charge in [0.2, 0.25) is 11.8 Å². The summed E-state index contributed by atoms with van der Waals surface area (Å²) in [7, 11) is 1.62. The maximum atomic E-state index is 11.7. The quantitative estimate of drug-likeness (QED) is 0.818. The number of carbonyl (C=O) groups excluding carboxylic acids is 2. The van der Waals surface area contributed by atoms with Crippen molar-refractivity contribution < 1.29 is 14.3 Å². The van der Waals surface area contributed by atoms with Gasteiger partial charge in [0.25, 0.3) is 0 Å². The van der Waals surface area contributed by atoms with Crippen molar-refractivity contribution in [1.82, 2.24) is 10.6 Å². The monoisotopic (exact) mass is 262 g/mol. The standard InChI is InChI=1S/C14H18N2O3/c1-19-12-5-2-10(3-6-12)4-7-13(17)16-11-8-14(18)15-9-11/h2-3,5-6,11H,4,7-9H2,1H3,(H,15,18)(H,16,17). The zero-order valence-electron chi connectivity index (χ0n) is 10.9. The van der Waals surface area contributed by atoms with Crippen LogP contribution in [0.3, 0.4) is 0 Å². The van der Waals surface area contributed by atoms with Gasteiger partial charge >= 0.3 is 0 Å². The highest BCUT2D eigenvalue weighted by atomic mass is 16.5. The molecule has 1 aromatic carbocycles. The van der Waals surface area contributed by atoms with Gasteiger partial charge in [0.05, 0.1) is 13.2 Å². The van der Waals surface area contributed by atoms with Gasteiger partial charge in [-0.15, -0.1) is 0 Å². The average molecular weight is 262 g/mol. The fraction of sp³-hybridized carbons (Fsp3) is 0.429. The Hall–Kier alpha value is -2.04. The van der Waals surface area contributed by atoms with Gasteiger partial charge < -0.3 is 15.4 Å². The van der Waals surface area contributed by atoms with Crippen molar-refractivity contribution in [1.29, 1.82) is 0 Å². The first-order chi connectivity index (χ1) is 9.17. The van der Waals surface area contributed by atoms with Crippen molar-refractivity contribution in [2.75, 3.05) is 13.7 Å². The Kier molecular flexibility index (Phi) is 4.39. The van der Waals surface area contributed by atoms with E-state index in [4.69, 9.17) is 4.74 Å². The fourth-order valence-electron chi connectivity index (χ4n) is 2.06. The van der Waals surface area contributed by atoms with Gasteiger partial charge in [-0.2, -0.15) is 0 Å². The highest BCUT2D eigenvalue weighted by molar-refractivity contribution is 5.82. The Balaban J connectivity index is 1.74.